The highest BCUT2D eigenvalue weighted by Gasteiger charge is 2.21. The molecule has 6 nitrogen and oxygen atoms in total. The Labute approximate surface area is 82.7 Å². The van der Waals surface area contributed by atoms with Crippen molar-refractivity contribution in [2.75, 3.05) is 32.1 Å². The van der Waals surface area contributed by atoms with E-state index in [2.05, 4.69) is 20.8 Å². The van der Waals surface area contributed by atoms with Crippen molar-refractivity contribution in [1.82, 2.24) is 20.1 Å². The highest BCUT2D eigenvalue weighted by Crippen LogP contribution is 2.17. The van der Waals surface area contributed by atoms with E-state index in [9.17, 15) is 0 Å². The third-order valence-electron chi connectivity index (χ3n) is 2.35. The summed E-state index contributed by atoms with van der Waals surface area (Å²) in [6.07, 6.45) is 0.0170. The van der Waals surface area contributed by atoms with E-state index in [1.807, 2.05) is 18.7 Å². The zero-order valence-electron chi connectivity index (χ0n) is 8.45. The van der Waals surface area contributed by atoms with Gasteiger partial charge in [-0.25, -0.2) is 0 Å². The van der Waals surface area contributed by atoms with Gasteiger partial charge in [-0.1, -0.05) is 0 Å². The van der Waals surface area contributed by atoms with Gasteiger partial charge < -0.3 is 15.4 Å². The molecule has 0 amide bonds. The summed E-state index contributed by atoms with van der Waals surface area (Å²) in [6.45, 7) is 2.44. The standard InChI is InChI=1S/C8H15N5O/c1-9-8-12-11-7(13(8)2)6-5-10-3-4-14-6/h6,10H,3-5H2,1-2H3,(H,9,12). The summed E-state index contributed by atoms with van der Waals surface area (Å²) in [5, 5.41) is 14.3. The van der Waals surface area contributed by atoms with Gasteiger partial charge in [-0.2, -0.15) is 0 Å². The van der Waals surface area contributed by atoms with Crippen molar-refractivity contribution >= 4 is 5.95 Å². The van der Waals surface area contributed by atoms with Gasteiger partial charge in [0, 0.05) is 27.2 Å². The third kappa shape index (κ3) is 1.58. The van der Waals surface area contributed by atoms with Crippen LogP contribution in [0.25, 0.3) is 0 Å². The van der Waals surface area contributed by atoms with Crippen LogP contribution in [0.4, 0.5) is 5.95 Å². The zero-order chi connectivity index (χ0) is 9.97. The maximum atomic E-state index is 5.59. The van der Waals surface area contributed by atoms with E-state index in [-0.39, 0.29) is 6.10 Å². The molecular formula is C8H15N5O. The second-order valence-corrected chi connectivity index (χ2v) is 3.25. The minimum Gasteiger partial charge on any atom is -0.368 e. The molecule has 2 N–H and O–H groups in total. The maximum Gasteiger partial charge on any atom is 0.224 e. The van der Waals surface area contributed by atoms with E-state index in [1.54, 1.807) is 0 Å². The Morgan fingerprint density at radius 1 is 1.57 bits per heavy atom. The van der Waals surface area contributed by atoms with Crippen molar-refractivity contribution in [1.29, 1.82) is 0 Å². The van der Waals surface area contributed by atoms with Crippen molar-refractivity contribution in [3.63, 3.8) is 0 Å². The molecule has 14 heavy (non-hydrogen) atoms. The molecule has 2 rings (SSSR count). The fourth-order valence-corrected chi connectivity index (χ4v) is 1.57. The Morgan fingerprint density at radius 3 is 3.00 bits per heavy atom. The molecule has 0 bridgehead atoms. The summed E-state index contributed by atoms with van der Waals surface area (Å²) in [7, 11) is 3.76. The molecule has 1 saturated heterocycles. The first-order valence-electron chi connectivity index (χ1n) is 4.72. The monoisotopic (exact) mass is 197 g/mol. The Morgan fingerprint density at radius 2 is 2.43 bits per heavy atom. The fourth-order valence-electron chi connectivity index (χ4n) is 1.57. The summed E-state index contributed by atoms with van der Waals surface area (Å²) in [5.74, 6) is 1.62. The van der Waals surface area contributed by atoms with Crippen LogP contribution in [0.1, 0.15) is 11.9 Å². The Kier molecular flexibility index (Phi) is 2.64. The van der Waals surface area contributed by atoms with Crippen LogP contribution in [0.2, 0.25) is 0 Å². The van der Waals surface area contributed by atoms with Crippen molar-refractivity contribution < 1.29 is 4.74 Å². The van der Waals surface area contributed by atoms with Gasteiger partial charge in [0.05, 0.1) is 6.61 Å². The Balaban J connectivity index is 2.18. The number of hydrogen-bond acceptors (Lipinski definition) is 5. The fraction of sp³-hybridized carbons (Fsp3) is 0.750. The van der Waals surface area contributed by atoms with Gasteiger partial charge in [-0.15, -0.1) is 10.2 Å². The Hall–Kier alpha value is -1.14. The number of nitrogens with one attached hydrogen (secondary N) is 2. The molecule has 1 atom stereocenters. The van der Waals surface area contributed by atoms with Crippen molar-refractivity contribution in [2.45, 2.75) is 6.10 Å². The molecule has 0 spiro atoms. The second-order valence-electron chi connectivity index (χ2n) is 3.25. The molecule has 2 heterocycles. The molecule has 1 fully saturated rings. The van der Waals surface area contributed by atoms with E-state index >= 15 is 0 Å². The lowest BCUT2D eigenvalue weighted by atomic mass is 10.3. The second kappa shape index (κ2) is 3.93. The van der Waals surface area contributed by atoms with Crippen LogP contribution in [0.3, 0.4) is 0 Å². The molecule has 1 aliphatic heterocycles. The molecule has 1 aliphatic rings. The van der Waals surface area contributed by atoms with E-state index in [4.69, 9.17) is 4.74 Å². The van der Waals surface area contributed by atoms with Gasteiger partial charge in [0.25, 0.3) is 0 Å². The molecule has 0 aliphatic carbocycles. The quantitative estimate of drug-likeness (QED) is 0.670. The molecular weight excluding hydrogens is 182 g/mol. The molecule has 1 unspecified atom stereocenters. The van der Waals surface area contributed by atoms with Crippen LogP contribution in [0, 0.1) is 0 Å². The number of rotatable bonds is 2. The van der Waals surface area contributed by atoms with Crippen LogP contribution in [-0.2, 0) is 11.8 Å². The van der Waals surface area contributed by atoms with Crippen LogP contribution in [0.15, 0.2) is 0 Å². The van der Waals surface area contributed by atoms with Crippen molar-refractivity contribution in [3.8, 4) is 0 Å². The molecule has 1 aromatic heterocycles. The number of anilines is 1. The molecule has 1 aromatic rings. The first kappa shape index (κ1) is 9.42. The van der Waals surface area contributed by atoms with E-state index in [1.165, 1.54) is 0 Å². The summed E-state index contributed by atoms with van der Waals surface area (Å²) in [4.78, 5) is 0. The van der Waals surface area contributed by atoms with Crippen LogP contribution < -0.4 is 10.6 Å². The Bertz CT molecular complexity index is 305. The van der Waals surface area contributed by atoms with Gasteiger partial charge in [-0.05, 0) is 0 Å². The highest BCUT2D eigenvalue weighted by atomic mass is 16.5. The van der Waals surface area contributed by atoms with E-state index in [0.717, 1.165) is 31.5 Å². The highest BCUT2D eigenvalue weighted by molar-refractivity contribution is 5.24. The van der Waals surface area contributed by atoms with Crippen LogP contribution in [0.5, 0.6) is 0 Å². The van der Waals surface area contributed by atoms with Crippen LogP contribution in [-0.4, -0.2) is 41.5 Å². The van der Waals surface area contributed by atoms with Gasteiger partial charge in [0.15, 0.2) is 5.82 Å². The zero-order valence-corrected chi connectivity index (χ0v) is 8.45. The van der Waals surface area contributed by atoms with E-state index < -0.39 is 0 Å². The molecule has 6 heteroatoms. The normalized spacial score (nSPS) is 22.3. The molecule has 0 radical (unpaired) electrons. The van der Waals surface area contributed by atoms with Crippen molar-refractivity contribution in [3.05, 3.63) is 5.82 Å². The van der Waals surface area contributed by atoms with Crippen LogP contribution >= 0.6 is 0 Å². The number of ether oxygens (including phenoxy) is 1. The van der Waals surface area contributed by atoms with Gasteiger partial charge in [0.2, 0.25) is 5.95 Å². The summed E-state index contributed by atoms with van der Waals surface area (Å²) >= 11 is 0. The lowest BCUT2D eigenvalue weighted by Gasteiger charge is -2.22. The third-order valence-corrected chi connectivity index (χ3v) is 2.35. The first-order valence-corrected chi connectivity index (χ1v) is 4.72. The minimum atomic E-state index is 0.0170. The predicted molar refractivity (Wildman–Crippen MR) is 52.1 cm³/mol. The maximum absolute atomic E-state index is 5.59. The SMILES string of the molecule is CNc1nnc(C2CNCCO2)n1C. The average Bonchev–Trinajstić information content (AvgIpc) is 2.61. The van der Waals surface area contributed by atoms with E-state index in [0.29, 0.717) is 0 Å². The van der Waals surface area contributed by atoms with Gasteiger partial charge in [-0.3, -0.25) is 4.57 Å². The topological polar surface area (TPSA) is 64.0 Å². The van der Waals surface area contributed by atoms with Gasteiger partial charge >= 0.3 is 0 Å². The number of aromatic nitrogens is 3. The summed E-state index contributed by atoms with van der Waals surface area (Å²) < 4.78 is 7.50. The summed E-state index contributed by atoms with van der Waals surface area (Å²) in [6, 6.07) is 0. The first-order chi connectivity index (χ1) is 6.83. The lowest BCUT2D eigenvalue weighted by molar-refractivity contribution is 0.0203. The van der Waals surface area contributed by atoms with Crippen molar-refractivity contribution in [2.24, 2.45) is 7.05 Å². The summed E-state index contributed by atoms with van der Waals surface area (Å²) in [5.41, 5.74) is 0. The molecule has 78 valence electrons. The van der Waals surface area contributed by atoms with Gasteiger partial charge in [0.1, 0.15) is 6.10 Å². The predicted octanol–water partition coefficient (Wildman–Crippen LogP) is -0.482. The number of hydrogen-bond donors (Lipinski definition) is 2. The molecule has 0 saturated carbocycles. The molecule has 0 aromatic carbocycles. The lowest BCUT2D eigenvalue weighted by Crippen LogP contribution is -2.34. The minimum absolute atomic E-state index is 0.0170. The average molecular weight is 197 g/mol. The number of nitrogens with zero attached hydrogens (tertiary/aromatic N) is 3. The smallest absolute Gasteiger partial charge is 0.224 e. The largest absolute Gasteiger partial charge is 0.368 e. The number of morpholine rings is 1.